The van der Waals surface area contributed by atoms with E-state index in [1.807, 2.05) is 0 Å². The first-order valence-corrected chi connectivity index (χ1v) is 5.16. The summed E-state index contributed by atoms with van der Waals surface area (Å²) in [6.45, 7) is 1.28. The summed E-state index contributed by atoms with van der Waals surface area (Å²) in [6.07, 6.45) is 1.98. The van der Waals surface area contributed by atoms with Crippen LogP contribution in [-0.2, 0) is 6.42 Å². The molecule has 2 radical (unpaired) electrons. The maximum Gasteiger partial charge on any atom is 0.485 e. The second kappa shape index (κ2) is 4.68. The van der Waals surface area contributed by atoms with Gasteiger partial charge in [0.25, 0.3) is 5.95 Å². The molecule has 0 bridgehead atoms. The van der Waals surface area contributed by atoms with Crippen LogP contribution in [0.3, 0.4) is 0 Å². The van der Waals surface area contributed by atoms with Crippen LogP contribution in [0.1, 0.15) is 11.6 Å². The van der Waals surface area contributed by atoms with Crippen LogP contribution < -0.4 is 3.79 Å². The second-order valence-corrected chi connectivity index (χ2v) is 3.39. The molecule has 0 saturated heterocycles. The predicted octanol–water partition coefficient (Wildman–Crippen LogP) is 1.14. The first kappa shape index (κ1) is 11.2. The lowest BCUT2D eigenvalue weighted by molar-refractivity contribution is 0.390. The van der Waals surface area contributed by atoms with Crippen LogP contribution in [0.15, 0.2) is 16.7 Å². The van der Waals surface area contributed by atoms with Gasteiger partial charge in [-0.25, -0.2) is 4.68 Å². The zero-order valence-corrected chi connectivity index (χ0v) is 9.84. The highest BCUT2D eigenvalue weighted by Crippen LogP contribution is 2.22. The lowest BCUT2D eigenvalue weighted by Gasteiger charge is -1.99. The molecule has 16 heavy (non-hydrogen) atoms. The Hall–Kier alpha value is -1.32. The SMILES string of the molecule is Cc1nc(-n2ccc(CCF)n2)c([O][Al])o1. The number of rotatable bonds is 4. The summed E-state index contributed by atoms with van der Waals surface area (Å²) in [5.41, 5.74) is 0.665. The maximum atomic E-state index is 12.1. The van der Waals surface area contributed by atoms with E-state index in [9.17, 15) is 4.39 Å². The topological polar surface area (TPSA) is 53.1 Å². The zero-order valence-electron chi connectivity index (χ0n) is 8.68. The molecule has 0 atom stereocenters. The van der Waals surface area contributed by atoms with E-state index in [-0.39, 0.29) is 5.95 Å². The average molecular weight is 237 g/mol. The average Bonchev–Trinajstić information content (AvgIpc) is 2.85. The number of alkyl halides is 1. The molecule has 82 valence electrons. The quantitative estimate of drug-likeness (QED) is 0.748. The van der Waals surface area contributed by atoms with Crippen LogP contribution in [0.5, 0.6) is 5.95 Å². The minimum Gasteiger partial charge on any atom is -0.625 e. The van der Waals surface area contributed by atoms with Crippen molar-refractivity contribution in [2.24, 2.45) is 0 Å². The van der Waals surface area contributed by atoms with Gasteiger partial charge >= 0.3 is 16.6 Å². The summed E-state index contributed by atoms with van der Waals surface area (Å²) in [4.78, 5) is 4.13. The summed E-state index contributed by atoms with van der Waals surface area (Å²) in [5.74, 6) is 1.20. The molecule has 0 N–H and O–H groups in total. The van der Waals surface area contributed by atoms with Crippen LogP contribution >= 0.6 is 0 Å². The zero-order chi connectivity index (χ0) is 11.5. The van der Waals surface area contributed by atoms with E-state index in [1.165, 1.54) is 4.68 Å². The molecule has 2 aromatic rings. The molecule has 0 saturated carbocycles. The van der Waals surface area contributed by atoms with Crippen molar-refractivity contribution in [2.75, 3.05) is 6.67 Å². The van der Waals surface area contributed by atoms with Gasteiger partial charge in [0.05, 0.1) is 12.4 Å². The van der Waals surface area contributed by atoms with E-state index in [1.54, 1.807) is 19.2 Å². The molecule has 0 aromatic carbocycles. The molecule has 2 heterocycles. The monoisotopic (exact) mass is 237 g/mol. The third-order valence-corrected chi connectivity index (χ3v) is 2.22. The van der Waals surface area contributed by atoms with E-state index in [0.717, 1.165) is 0 Å². The van der Waals surface area contributed by atoms with Crippen LogP contribution in [0, 0.1) is 6.92 Å². The first-order chi connectivity index (χ1) is 7.74. The van der Waals surface area contributed by atoms with Gasteiger partial charge in [-0.2, -0.15) is 10.1 Å². The summed E-state index contributed by atoms with van der Waals surface area (Å²) in [7, 11) is 0. The van der Waals surface area contributed by atoms with Crippen molar-refractivity contribution in [2.45, 2.75) is 13.3 Å². The van der Waals surface area contributed by atoms with Crippen molar-refractivity contribution >= 4 is 16.6 Å². The highest BCUT2D eigenvalue weighted by atomic mass is 27.1. The Morgan fingerprint density at radius 1 is 1.62 bits per heavy atom. The van der Waals surface area contributed by atoms with Crippen LogP contribution in [0.2, 0.25) is 0 Å². The first-order valence-electron chi connectivity index (χ1n) is 4.69. The fourth-order valence-corrected chi connectivity index (χ4v) is 1.48. The van der Waals surface area contributed by atoms with Crippen molar-refractivity contribution in [3.8, 4) is 11.8 Å². The van der Waals surface area contributed by atoms with Crippen molar-refractivity contribution in [3.05, 3.63) is 23.8 Å². The number of nitrogens with zero attached hydrogens (tertiary/aromatic N) is 3. The highest BCUT2D eigenvalue weighted by Gasteiger charge is 2.13. The highest BCUT2D eigenvalue weighted by molar-refractivity contribution is 5.99. The van der Waals surface area contributed by atoms with Crippen molar-refractivity contribution < 1.29 is 12.6 Å². The van der Waals surface area contributed by atoms with E-state index < -0.39 is 6.67 Å². The number of hydrogen-bond acceptors (Lipinski definition) is 4. The molecule has 0 amide bonds. The van der Waals surface area contributed by atoms with Crippen molar-refractivity contribution in [1.82, 2.24) is 14.8 Å². The van der Waals surface area contributed by atoms with E-state index in [2.05, 4.69) is 26.7 Å². The molecule has 7 heteroatoms. The van der Waals surface area contributed by atoms with Gasteiger partial charge in [0, 0.05) is 19.5 Å². The molecular weight excluding hydrogens is 228 g/mol. The van der Waals surface area contributed by atoms with E-state index in [4.69, 9.17) is 8.21 Å². The van der Waals surface area contributed by atoms with Gasteiger partial charge in [-0.15, -0.1) is 0 Å². The molecule has 0 aliphatic rings. The molecule has 2 aromatic heterocycles. The minimum absolute atomic E-state index is 0.261. The summed E-state index contributed by atoms with van der Waals surface area (Å²) in [5, 5.41) is 4.16. The Bertz CT molecular complexity index is 483. The lowest BCUT2D eigenvalue weighted by Crippen LogP contribution is -2.00. The Morgan fingerprint density at radius 2 is 2.44 bits per heavy atom. The Morgan fingerprint density at radius 3 is 3.12 bits per heavy atom. The van der Waals surface area contributed by atoms with Gasteiger partial charge in [-0.05, 0) is 6.07 Å². The van der Waals surface area contributed by atoms with Gasteiger partial charge < -0.3 is 8.21 Å². The molecule has 0 aliphatic carbocycles. The number of aryl methyl sites for hydroxylation is 2. The van der Waals surface area contributed by atoms with Crippen molar-refractivity contribution in [3.63, 3.8) is 0 Å². The van der Waals surface area contributed by atoms with Gasteiger partial charge in [-0.1, -0.05) is 0 Å². The largest absolute Gasteiger partial charge is 0.625 e. The molecular formula is C9H9AlFN3O2. The van der Waals surface area contributed by atoms with Gasteiger partial charge in [-0.3, -0.25) is 4.39 Å². The summed E-state index contributed by atoms with van der Waals surface area (Å²) < 4.78 is 23.8. The summed E-state index contributed by atoms with van der Waals surface area (Å²) >= 11 is 2.08. The number of halogens is 1. The molecule has 0 spiro atoms. The molecule has 2 rings (SSSR count). The standard InChI is InChI=1S/C9H10FN3O2.Al/c1-6-11-8(9(14)15-6)13-5-3-7(12-13)2-4-10;/h3,5,14H,2,4H2,1H3;/q;+1/p-1. The maximum absolute atomic E-state index is 12.1. The molecule has 0 unspecified atom stereocenters. The number of oxazole rings is 1. The molecule has 5 nitrogen and oxygen atoms in total. The third-order valence-electron chi connectivity index (χ3n) is 2.01. The summed E-state index contributed by atoms with van der Waals surface area (Å²) in [6, 6.07) is 1.73. The fourth-order valence-electron chi connectivity index (χ4n) is 1.33. The van der Waals surface area contributed by atoms with Crippen LogP contribution in [0.25, 0.3) is 5.82 Å². The second-order valence-electron chi connectivity index (χ2n) is 3.15. The van der Waals surface area contributed by atoms with E-state index >= 15 is 0 Å². The smallest absolute Gasteiger partial charge is 0.485 e. The van der Waals surface area contributed by atoms with E-state index in [0.29, 0.717) is 23.8 Å². The molecule has 0 fully saturated rings. The Kier molecular flexibility index (Phi) is 3.27. The normalized spacial score (nSPS) is 10.6. The van der Waals surface area contributed by atoms with Gasteiger partial charge in [0.15, 0.2) is 5.89 Å². The van der Waals surface area contributed by atoms with Gasteiger partial charge in [0.1, 0.15) is 0 Å². The third kappa shape index (κ3) is 2.10. The predicted molar refractivity (Wildman–Crippen MR) is 54.4 cm³/mol. The molecule has 0 aliphatic heterocycles. The fraction of sp³-hybridized carbons (Fsp3) is 0.333. The lowest BCUT2D eigenvalue weighted by atomic mass is 10.3. The Labute approximate surface area is 100.0 Å². The Balaban J connectivity index is 2.34. The van der Waals surface area contributed by atoms with Crippen molar-refractivity contribution in [1.29, 1.82) is 0 Å². The van der Waals surface area contributed by atoms with Gasteiger partial charge in [0.2, 0.25) is 5.82 Å². The van der Waals surface area contributed by atoms with Crippen LogP contribution in [0.4, 0.5) is 4.39 Å². The minimum atomic E-state index is -0.429. The number of aromatic nitrogens is 3. The number of hydrogen-bond donors (Lipinski definition) is 0. The van der Waals surface area contributed by atoms with Crippen LogP contribution in [-0.4, -0.2) is 38.1 Å².